The highest BCUT2D eigenvalue weighted by molar-refractivity contribution is 7.99. The highest BCUT2D eigenvalue weighted by atomic mass is 32.2. The van der Waals surface area contributed by atoms with Crippen LogP contribution in [0.25, 0.3) is 0 Å². The molecular weight excluding hydrogens is 350 g/mol. The molecule has 1 aromatic rings. The van der Waals surface area contributed by atoms with Gasteiger partial charge in [-0.25, -0.2) is 9.97 Å². The average Bonchev–Trinajstić information content (AvgIpc) is 2.79. The van der Waals surface area contributed by atoms with Crippen molar-refractivity contribution in [3.8, 4) is 0 Å². The topological polar surface area (TPSA) is 180 Å². The van der Waals surface area contributed by atoms with Crippen LogP contribution in [0, 0.1) is 0 Å². The Hall–Kier alpha value is -1.37. The summed E-state index contributed by atoms with van der Waals surface area (Å²) in [5.74, 6) is 1.06. The first-order valence-corrected chi connectivity index (χ1v) is 8.98. The summed E-state index contributed by atoms with van der Waals surface area (Å²) in [6, 6.07) is -0.973. The van der Waals surface area contributed by atoms with Gasteiger partial charge in [-0.3, -0.25) is 0 Å². The Bertz CT molecular complexity index is 581. The summed E-state index contributed by atoms with van der Waals surface area (Å²) in [4.78, 5) is 8.36. The van der Waals surface area contributed by atoms with E-state index in [2.05, 4.69) is 15.3 Å². The fraction of sp³-hybridized carbons (Fsp3) is 0.714. The fourth-order valence-corrected chi connectivity index (χ4v) is 3.27. The molecule has 1 saturated carbocycles. The van der Waals surface area contributed by atoms with Gasteiger partial charge < -0.3 is 41.9 Å². The number of rotatable bonds is 8. The second-order valence-corrected chi connectivity index (χ2v) is 6.77. The van der Waals surface area contributed by atoms with Gasteiger partial charge in [0, 0.05) is 5.75 Å². The van der Waals surface area contributed by atoms with Crippen LogP contribution in [0.5, 0.6) is 0 Å². The monoisotopic (exact) mass is 375 g/mol. The Balaban J connectivity index is 2.19. The molecule has 9 N–H and O–H groups in total. The molecule has 0 bridgehead atoms. The molecule has 1 aliphatic carbocycles. The lowest BCUT2D eigenvalue weighted by atomic mass is 10.2. The number of anilines is 3. The number of hydrogen-bond acceptors (Lipinski definition) is 11. The van der Waals surface area contributed by atoms with Crippen molar-refractivity contribution in [3.63, 3.8) is 0 Å². The second-order valence-electron chi connectivity index (χ2n) is 5.70. The fourth-order valence-electron chi connectivity index (χ4n) is 2.56. The van der Waals surface area contributed by atoms with Crippen LogP contribution in [0.2, 0.25) is 0 Å². The van der Waals surface area contributed by atoms with Gasteiger partial charge in [-0.15, -0.1) is 0 Å². The van der Waals surface area contributed by atoms with E-state index >= 15 is 0 Å². The number of aliphatic hydroxyl groups is 4. The maximum atomic E-state index is 10.3. The third-order valence-electron chi connectivity index (χ3n) is 3.85. The summed E-state index contributed by atoms with van der Waals surface area (Å²) in [5, 5.41) is 42.7. The highest BCUT2D eigenvalue weighted by Crippen LogP contribution is 2.31. The van der Waals surface area contributed by atoms with E-state index in [1.165, 1.54) is 11.8 Å². The lowest BCUT2D eigenvalue weighted by Crippen LogP contribution is -2.40. The largest absolute Gasteiger partial charge is 0.394 e. The zero-order valence-electron chi connectivity index (χ0n) is 13.9. The Morgan fingerprint density at radius 1 is 1.16 bits per heavy atom. The first kappa shape index (κ1) is 19.9. The van der Waals surface area contributed by atoms with Crippen molar-refractivity contribution in [2.75, 3.05) is 35.8 Å². The molecule has 2 unspecified atom stereocenters. The predicted octanol–water partition coefficient (Wildman–Crippen LogP) is -1.60. The van der Waals surface area contributed by atoms with Crippen molar-refractivity contribution in [3.05, 3.63) is 0 Å². The summed E-state index contributed by atoms with van der Waals surface area (Å²) < 4.78 is 5.20. The molecule has 0 spiro atoms. The highest BCUT2D eigenvalue weighted by Gasteiger charge is 2.50. The molecule has 1 aromatic heterocycles. The molecule has 0 aliphatic heterocycles. The van der Waals surface area contributed by atoms with Crippen LogP contribution in [0.15, 0.2) is 5.16 Å². The molecule has 10 nitrogen and oxygen atoms in total. The molecule has 1 aliphatic rings. The summed E-state index contributed by atoms with van der Waals surface area (Å²) in [6.07, 6.45) is -4.00. The Morgan fingerprint density at radius 3 is 2.52 bits per heavy atom. The summed E-state index contributed by atoms with van der Waals surface area (Å²) >= 11 is 1.40. The van der Waals surface area contributed by atoms with E-state index in [1.54, 1.807) is 0 Å². The van der Waals surface area contributed by atoms with Crippen LogP contribution >= 0.6 is 11.8 Å². The predicted molar refractivity (Wildman–Crippen MR) is 94.1 cm³/mol. The summed E-state index contributed by atoms with van der Waals surface area (Å²) in [7, 11) is 0. The van der Waals surface area contributed by atoms with E-state index in [-0.39, 0.29) is 30.5 Å². The minimum atomic E-state index is -1.33. The second kappa shape index (κ2) is 8.83. The van der Waals surface area contributed by atoms with E-state index in [9.17, 15) is 15.3 Å². The third-order valence-corrected chi connectivity index (χ3v) is 4.91. The van der Waals surface area contributed by atoms with E-state index in [1.807, 2.05) is 6.92 Å². The Labute approximate surface area is 149 Å². The van der Waals surface area contributed by atoms with Crippen molar-refractivity contribution >= 4 is 29.1 Å². The summed E-state index contributed by atoms with van der Waals surface area (Å²) in [5.41, 5.74) is 11.8. The van der Waals surface area contributed by atoms with Crippen molar-refractivity contribution < 1.29 is 25.2 Å². The van der Waals surface area contributed by atoms with Gasteiger partial charge in [-0.05, 0) is 6.42 Å². The van der Waals surface area contributed by atoms with E-state index < -0.39 is 30.5 Å². The number of nitrogen functional groups attached to an aromatic ring is 2. The van der Waals surface area contributed by atoms with Crippen LogP contribution in [0.4, 0.5) is 17.3 Å². The zero-order chi connectivity index (χ0) is 18.6. The van der Waals surface area contributed by atoms with Crippen LogP contribution in [0.1, 0.15) is 13.3 Å². The number of nitrogens with two attached hydrogens (primary N) is 2. The van der Waals surface area contributed by atoms with Crippen LogP contribution in [-0.4, -0.2) is 79.8 Å². The third kappa shape index (κ3) is 4.43. The van der Waals surface area contributed by atoms with Crippen molar-refractivity contribution in [2.45, 2.75) is 49.0 Å². The smallest absolute Gasteiger partial charge is 0.191 e. The number of ether oxygens (including phenoxy) is 1. The molecule has 0 aromatic carbocycles. The maximum absolute atomic E-state index is 10.3. The average molecular weight is 375 g/mol. The standard InChI is InChI=1S/C14H25N5O5S/c1-2-5-25-14-18-12(16)6(15)13(19-14)17-7-8(21)10(23)11(9(7)22)24-4-3-20/h7-11,20-23H,2-5,15H2,1H3,(H3,16,17,18,19)/t7?,8-,9+,10-,11?/m0/s1. The van der Waals surface area contributed by atoms with Gasteiger partial charge >= 0.3 is 0 Å². The van der Waals surface area contributed by atoms with Crippen molar-refractivity contribution in [1.29, 1.82) is 0 Å². The quantitative estimate of drug-likeness (QED) is 0.205. The van der Waals surface area contributed by atoms with Crippen LogP contribution in [-0.2, 0) is 4.74 Å². The normalized spacial score (nSPS) is 29.1. The van der Waals surface area contributed by atoms with Gasteiger partial charge in [0.1, 0.15) is 30.1 Å². The molecule has 11 heteroatoms. The van der Waals surface area contributed by atoms with Crippen molar-refractivity contribution in [1.82, 2.24) is 9.97 Å². The Kier molecular flexibility index (Phi) is 7.04. The lowest BCUT2D eigenvalue weighted by molar-refractivity contribution is -0.0885. The lowest BCUT2D eigenvalue weighted by Gasteiger charge is -2.23. The molecule has 1 heterocycles. The molecule has 1 fully saturated rings. The van der Waals surface area contributed by atoms with E-state index in [4.69, 9.17) is 21.3 Å². The zero-order valence-corrected chi connectivity index (χ0v) is 14.7. The molecule has 2 rings (SSSR count). The Morgan fingerprint density at radius 2 is 1.88 bits per heavy atom. The molecule has 0 amide bonds. The van der Waals surface area contributed by atoms with Crippen LogP contribution in [0.3, 0.4) is 0 Å². The van der Waals surface area contributed by atoms with Gasteiger partial charge in [-0.2, -0.15) is 0 Å². The van der Waals surface area contributed by atoms with Gasteiger partial charge in [0.25, 0.3) is 0 Å². The summed E-state index contributed by atoms with van der Waals surface area (Å²) in [6.45, 7) is 1.68. The van der Waals surface area contributed by atoms with Gasteiger partial charge in [0.2, 0.25) is 0 Å². The van der Waals surface area contributed by atoms with Crippen LogP contribution < -0.4 is 16.8 Å². The number of hydrogen-bond donors (Lipinski definition) is 7. The van der Waals surface area contributed by atoms with Gasteiger partial charge in [0.15, 0.2) is 16.8 Å². The van der Waals surface area contributed by atoms with E-state index in [0.717, 1.165) is 12.2 Å². The number of aromatic nitrogens is 2. The minimum absolute atomic E-state index is 0.0708. The molecule has 142 valence electrons. The number of nitrogens with one attached hydrogen (secondary N) is 1. The maximum Gasteiger partial charge on any atom is 0.191 e. The minimum Gasteiger partial charge on any atom is -0.394 e. The molecule has 0 saturated heterocycles. The SMILES string of the molecule is CCCSc1nc(N)c(N)c(NC2[C@@H](O)C(OCCO)[C@@H](O)[C@H]2O)n1. The van der Waals surface area contributed by atoms with E-state index in [0.29, 0.717) is 5.16 Å². The van der Waals surface area contributed by atoms with Crippen molar-refractivity contribution in [2.24, 2.45) is 0 Å². The van der Waals surface area contributed by atoms with Gasteiger partial charge in [0.05, 0.1) is 19.3 Å². The molecule has 25 heavy (non-hydrogen) atoms. The number of nitrogens with zero attached hydrogens (tertiary/aromatic N) is 2. The molecule has 0 radical (unpaired) electrons. The first-order chi connectivity index (χ1) is 11.9. The van der Waals surface area contributed by atoms with Gasteiger partial charge in [-0.1, -0.05) is 18.7 Å². The first-order valence-electron chi connectivity index (χ1n) is 7.99. The molecular formula is C14H25N5O5S. The number of thioether (sulfide) groups is 1. The number of aliphatic hydroxyl groups excluding tert-OH is 4. The molecule has 5 atom stereocenters.